The molecule has 16 heavy (non-hydrogen) atoms. The molecule has 0 saturated heterocycles. The maximum atomic E-state index is 10.8. The Bertz CT molecular complexity index is 451. The summed E-state index contributed by atoms with van der Waals surface area (Å²) in [6.07, 6.45) is 2.81. The highest BCUT2D eigenvalue weighted by Crippen LogP contribution is 2.19. The predicted molar refractivity (Wildman–Crippen MR) is 58.9 cm³/mol. The number of aryl methyl sites for hydroxylation is 1. The lowest BCUT2D eigenvalue weighted by atomic mass is 10.1. The summed E-state index contributed by atoms with van der Waals surface area (Å²) in [6, 6.07) is 4.62. The predicted octanol–water partition coefficient (Wildman–Crippen LogP) is 2.09. The topological polar surface area (TPSA) is 69.4 Å². The second-order valence-corrected chi connectivity index (χ2v) is 3.16. The van der Waals surface area contributed by atoms with Gasteiger partial charge in [-0.05, 0) is 30.7 Å². The molecule has 0 aliphatic carbocycles. The highest BCUT2D eigenvalue weighted by molar-refractivity contribution is 5.87. The number of nitrogens with zero attached hydrogens (tertiary/aromatic N) is 1. The van der Waals surface area contributed by atoms with Crippen LogP contribution in [0, 0.1) is 17.0 Å². The number of ether oxygens (including phenoxy) is 1. The Morgan fingerprint density at radius 2 is 2.19 bits per heavy atom. The average molecular weight is 221 g/mol. The van der Waals surface area contributed by atoms with Crippen LogP contribution in [0.15, 0.2) is 24.3 Å². The molecule has 84 valence electrons. The summed E-state index contributed by atoms with van der Waals surface area (Å²) in [5, 5.41) is 10.6. The van der Waals surface area contributed by atoms with Crippen molar-refractivity contribution in [1.29, 1.82) is 0 Å². The number of esters is 1. The SMILES string of the molecule is COC(=O)C=Cc1ccc([N+](=O)[O-])c(C)c1. The van der Waals surface area contributed by atoms with Gasteiger partial charge in [-0.15, -0.1) is 0 Å². The Morgan fingerprint density at radius 3 is 2.69 bits per heavy atom. The Morgan fingerprint density at radius 1 is 1.50 bits per heavy atom. The molecule has 0 heterocycles. The van der Waals surface area contributed by atoms with Crippen molar-refractivity contribution in [3.8, 4) is 0 Å². The molecule has 0 aliphatic rings. The molecule has 5 heteroatoms. The average Bonchev–Trinajstić information content (AvgIpc) is 2.25. The van der Waals surface area contributed by atoms with Gasteiger partial charge in [-0.25, -0.2) is 4.79 Å². The minimum Gasteiger partial charge on any atom is -0.466 e. The first-order chi connectivity index (χ1) is 7.54. The molecule has 1 rings (SSSR count). The van der Waals surface area contributed by atoms with Crippen molar-refractivity contribution in [3.63, 3.8) is 0 Å². The lowest BCUT2D eigenvalue weighted by molar-refractivity contribution is -0.385. The normalized spacial score (nSPS) is 10.4. The molecule has 0 amide bonds. The minimum atomic E-state index is -0.462. The quantitative estimate of drug-likeness (QED) is 0.339. The fraction of sp³-hybridized carbons (Fsp3) is 0.182. The number of benzene rings is 1. The summed E-state index contributed by atoms with van der Waals surface area (Å²) in [4.78, 5) is 20.9. The van der Waals surface area contributed by atoms with Crippen LogP contribution in [0.2, 0.25) is 0 Å². The first kappa shape index (κ1) is 11.9. The smallest absolute Gasteiger partial charge is 0.330 e. The number of nitro benzene ring substituents is 1. The third-order valence-corrected chi connectivity index (χ3v) is 2.03. The zero-order valence-electron chi connectivity index (χ0n) is 8.97. The summed E-state index contributed by atoms with van der Waals surface area (Å²) in [7, 11) is 1.29. The third kappa shape index (κ3) is 2.91. The first-order valence-electron chi connectivity index (χ1n) is 4.55. The molecule has 0 unspecified atom stereocenters. The van der Waals surface area contributed by atoms with Gasteiger partial charge in [0.2, 0.25) is 0 Å². The minimum absolute atomic E-state index is 0.0650. The summed E-state index contributed by atoms with van der Waals surface area (Å²) in [5.74, 6) is -0.462. The molecule has 0 bridgehead atoms. The van der Waals surface area contributed by atoms with Crippen molar-refractivity contribution in [2.75, 3.05) is 7.11 Å². The molecule has 5 nitrogen and oxygen atoms in total. The Balaban J connectivity index is 2.94. The van der Waals surface area contributed by atoms with E-state index in [1.807, 2.05) is 0 Å². The Hall–Kier alpha value is -2.17. The van der Waals surface area contributed by atoms with Crippen LogP contribution in [0.5, 0.6) is 0 Å². The maximum Gasteiger partial charge on any atom is 0.330 e. The van der Waals surface area contributed by atoms with Crippen molar-refractivity contribution < 1.29 is 14.5 Å². The maximum absolute atomic E-state index is 10.8. The summed E-state index contributed by atoms with van der Waals surface area (Å²) in [6.45, 7) is 1.65. The fourth-order valence-electron chi connectivity index (χ4n) is 1.22. The van der Waals surface area contributed by atoms with E-state index in [4.69, 9.17) is 0 Å². The van der Waals surface area contributed by atoms with Crippen molar-refractivity contribution in [2.24, 2.45) is 0 Å². The first-order valence-corrected chi connectivity index (χ1v) is 4.55. The molecule has 0 fully saturated rings. The van der Waals surface area contributed by atoms with E-state index >= 15 is 0 Å². The third-order valence-electron chi connectivity index (χ3n) is 2.03. The zero-order chi connectivity index (χ0) is 12.1. The summed E-state index contributed by atoms with van der Waals surface area (Å²) < 4.78 is 4.43. The van der Waals surface area contributed by atoms with Gasteiger partial charge in [0.25, 0.3) is 5.69 Å². The number of rotatable bonds is 3. The van der Waals surface area contributed by atoms with E-state index in [0.717, 1.165) is 0 Å². The number of methoxy groups -OCH3 is 1. The second kappa shape index (κ2) is 5.06. The van der Waals surface area contributed by atoms with Crippen LogP contribution in [0.4, 0.5) is 5.69 Å². The molecule has 1 aromatic carbocycles. The fourth-order valence-corrected chi connectivity index (χ4v) is 1.22. The standard InChI is InChI=1S/C11H11NO4/c1-8-7-9(4-6-11(13)16-2)3-5-10(8)12(14)15/h3-7H,1-2H3. The molecule has 0 spiro atoms. The van der Waals surface area contributed by atoms with Crippen LogP contribution in [0.3, 0.4) is 0 Å². The number of hydrogen-bond donors (Lipinski definition) is 0. The van der Waals surface area contributed by atoms with E-state index in [9.17, 15) is 14.9 Å². The van der Waals surface area contributed by atoms with E-state index in [2.05, 4.69) is 4.74 Å². The lowest BCUT2D eigenvalue weighted by Crippen LogP contribution is -1.94. The monoisotopic (exact) mass is 221 g/mol. The molecule has 0 aromatic heterocycles. The van der Waals surface area contributed by atoms with Gasteiger partial charge in [-0.1, -0.05) is 0 Å². The van der Waals surface area contributed by atoms with Crippen molar-refractivity contribution in [1.82, 2.24) is 0 Å². The highest BCUT2D eigenvalue weighted by Gasteiger charge is 2.08. The van der Waals surface area contributed by atoms with Gasteiger partial charge >= 0.3 is 5.97 Å². The van der Waals surface area contributed by atoms with Gasteiger partial charge in [-0.2, -0.15) is 0 Å². The van der Waals surface area contributed by atoms with E-state index in [1.54, 1.807) is 25.1 Å². The number of carbonyl (C=O) groups is 1. The summed E-state index contributed by atoms with van der Waals surface area (Å²) in [5.41, 5.74) is 1.33. The van der Waals surface area contributed by atoms with Crippen LogP contribution >= 0.6 is 0 Å². The van der Waals surface area contributed by atoms with Gasteiger partial charge in [-0.3, -0.25) is 10.1 Å². The van der Waals surface area contributed by atoms with E-state index in [0.29, 0.717) is 11.1 Å². The molecule has 0 saturated carbocycles. The largest absolute Gasteiger partial charge is 0.466 e. The number of carbonyl (C=O) groups excluding carboxylic acids is 1. The molecular formula is C11H11NO4. The van der Waals surface area contributed by atoms with Crippen LogP contribution < -0.4 is 0 Å². The van der Waals surface area contributed by atoms with Crippen molar-refractivity contribution in [3.05, 3.63) is 45.5 Å². The van der Waals surface area contributed by atoms with E-state index < -0.39 is 10.9 Å². The molecule has 0 atom stereocenters. The molecule has 0 aliphatic heterocycles. The van der Waals surface area contributed by atoms with Gasteiger partial charge < -0.3 is 4.74 Å². The van der Waals surface area contributed by atoms with Gasteiger partial charge in [0.05, 0.1) is 12.0 Å². The van der Waals surface area contributed by atoms with E-state index in [1.165, 1.54) is 19.3 Å². The second-order valence-electron chi connectivity index (χ2n) is 3.16. The molecule has 0 radical (unpaired) electrons. The van der Waals surface area contributed by atoms with Gasteiger partial charge in [0, 0.05) is 17.7 Å². The van der Waals surface area contributed by atoms with Crippen LogP contribution in [0.25, 0.3) is 6.08 Å². The zero-order valence-corrected chi connectivity index (χ0v) is 8.97. The Labute approximate surface area is 92.5 Å². The van der Waals surface area contributed by atoms with E-state index in [-0.39, 0.29) is 5.69 Å². The van der Waals surface area contributed by atoms with Crippen LogP contribution in [-0.4, -0.2) is 18.0 Å². The van der Waals surface area contributed by atoms with Crippen LogP contribution in [-0.2, 0) is 9.53 Å². The molecular weight excluding hydrogens is 210 g/mol. The Kier molecular flexibility index (Phi) is 3.77. The van der Waals surface area contributed by atoms with Crippen molar-refractivity contribution in [2.45, 2.75) is 6.92 Å². The molecule has 1 aromatic rings. The number of hydrogen-bond acceptors (Lipinski definition) is 4. The molecule has 0 N–H and O–H groups in total. The summed E-state index contributed by atoms with van der Waals surface area (Å²) >= 11 is 0. The highest BCUT2D eigenvalue weighted by atomic mass is 16.6. The van der Waals surface area contributed by atoms with Gasteiger partial charge in [0.15, 0.2) is 0 Å². The van der Waals surface area contributed by atoms with Crippen LogP contribution in [0.1, 0.15) is 11.1 Å². The van der Waals surface area contributed by atoms with Crippen molar-refractivity contribution >= 4 is 17.7 Å². The van der Waals surface area contributed by atoms with Gasteiger partial charge in [0.1, 0.15) is 0 Å². The number of nitro groups is 1. The lowest BCUT2D eigenvalue weighted by Gasteiger charge is -1.98.